The maximum atomic E-state index is 13.2. The van der Waals surface area contributed by atoms with Gasteiger partial charge < -0.3 is 10.1 Å². The smallest absolute Gasteiger partial charge is 0.372 e. The Morgan fingerprint density at radius 2 is 2.05 bits per heavy atom. The first kappa shape index (κ1) is 16.9. The molecule has 6 heteroatoms. The fourth-order valence-corrected chi connectivity index (χ4v) is 1.88. The number of hydrogen-bond donors (Lipinski definition) is 1. The van der Waals surface area contributed by atoms with Gasteiger partial charge in [-0.1, -0.05) is 19.1 Å². The molecule has 114 valence electrons. The molecule has 1 aromatic carbocycles. The van der Waals surface area contributed by atoms with E-state index in [0.29, 0.717) is 13.0 Å². The second kappa shape index (κ2) is 8.21. The van der Waals surface area contributed by atoms with Gasteiger partial charge in [0.05, 0.1) is 0 Å². The zero-order valence-corrected chi connectivity index (χ0v) is 11.3. The van der Waals surface area contributed by atoms with E-state index >= 15 is 0 Å². The molecule has 2 nitrogen and oxygen atoms in total. The summed E-state index contributed by atoms with van der Waals surface area (Å²) in [6.45, 7) is 2.00. The zero-order valence-electron chi connectivity index (χ0n) is 11.3. The van der Waals surface area contributed by atoms with E-state index in [1.165, 1.54) is 12.1 Å². The summed E-state index contributed by atoms with van der Waals surface area (Å²) in [7, 11) is 0. The number of nitrogens with one attached hydrogen (secondary N) is 1. The van der Waals surface area contributed by atoms with Crippen molar-refractivity contribution in [1.82, 2.24) is 5.32 Å². The van der Waals surface area contributed by atoms with Crippen molar-refractivity contribution in [3.05, 3.63) is 35.6 Å². The molecule has 0 saturated carbocycles. The summed E-state index contributed by atoms with van der Waals surface area (Å²) < 4.78 is 53.7. The number of halogens is 4. The van der Waals surface area contributed by atoms with E-state index in [0.717, 1.165) is 12.1 Å². The first-order valence-electron chi connectivity index (χ1n) is 6.53. The van der Waals surface area contributed by atoms with Crippen molar-refractivity contribution < 1.29 is 22.3 Å². The number of likely N-dealkylation sites (N-methyl/N-ethyl adjacent to an activating group) is 1. The van der Waals surface area contributed by atoms with Crippen molar-refractivity contribution in [3.63, 3.8) is 0 Å². The van der Waals surface area contributed by atoms with Gasteiger partial charge in [0.15, 0.2) is 0 Å². The summed E-state index contributed by atoms with van der Waals surface area (Å²) in [6, 6.07) is 6.12. The van der Waals surface area contributed by atoms with Gasteiger partial charge in [0.1, 0.15) is 12.4 Å². The normalized spacial score (nSPS) is 13.4. The predicted molar refractivity (Wildman–Crippen MR) is 69.2 cm³/mol. The first-order chi connectivity index (χ1) is 9.42. The highest BCUT2D eigenvalue weighted by molar-refractivity contribution is 5.21. The van der Waals surface area contributed by atoms with Crippen molar-refractivity contribution in [1.29, 1.82) is 0 Å². The van der Waals surface area contributed by atoms with Crippen molar-refractivity contribution in [2.24, 2.45) is 0 Å². The van der Waals surface area contributed by atoms with Gasteiger partial charge in [0, 0.05) is 13.2 Å². The second-order valence-corrected chi connectivity index (χ2v) is 4.52. The number of hydrogen-bond acceptors (Lipinski definition) is 2. The molecule has 1 N–H and O–H groups in total. The van der Waals surface area contributed by atoms with Crippen LogP contribution in [0.3, 0.4) is 0 Å². The summed E-state index contributed by atoms with van der Waals surface area (Å²) in [5.41, 5.74) is 0.765. The Morgan fingerprint density at radius 3 is 2.65 bits per heavy atom. The number of alkyl halides is 3. The third-order valence-electron chi connectivity index (χ3n) is 2.84. The van der Waals surface area contributed by atoms with Crippen LogP contribution in [-0.4, -0.2) is 32.5 Å². The van der Waals surface area contributed by atoms with Crippen LogP contribution in [0.25, 0.3) is 0 Å². The van der Waals surface area contributed by atoms with Crippen molar-refractivity contribution in [3.8, 4) is 0 Å². The minimum atomic E-state index is -4.31. The van der Waals surface area contributed by atoms with E-state index in [4.69, 9.17) is 0 Å². The zero-order chi connectivity index (χ0) is 15.0. The van der Waals surface area contributed by atoms with Crippen LogP contribution < -0.4 is 5.32 Å². The average Bonchev–Trinajstić information content (AvgIpc) is 2.36. The molecular formula is C14H19F4NO. The lowest BCUT2D eigenvalue weighted by Crippen LogP contribution is -2.23. The third kappa shape index (κ3) is 6.86. The van der Waals surface area contributed by atoms with Gasteiger partial charge in [-0.2, -0.15) is 13.2 Å². The first-order valence-corrected chi connectivity index (χ1v) is 6.53. The van der Waals surface area contributed by atoms with Gasteiger partial charge in [0.2, 0.25) is 0 Å². The minimum absolute atomic E-state index is 0.00785. The molecule has 0 heterocycles. The van der Waals surface area contributed by atoms with Crippen molar-refractivity contribution >= 4 is 0 Å². The van der Waals surface area contributed by atoms with Crippen LogP contribution >= 0.6 is 0 Å². The van der Waals surface area contributed by atoms with Crippen molar-refractivity contribution in [2.45, 2.75) is 25.4 Å². The summed E-state index contributed by atoms with van der Waals surface area (Å²) in [5.74, 6) is -0.418. The van der Waals surface area contributed by atoms with Gasteiger partial charge in [0.25, 0.3) is 0 Å². The molecule has 0 aliphatic rings. The lowest BCUT2D eigenvalue weighted by Gasteiger charge is -2.18. The molecule has 0 fully saturated rings. The number of benzene rings is 1. The highest BCUT2D eigenvalue weighted by Crippen LogP contribution is 2.21. The molecule has 0 aliphatic carbocycles. The lowest BCUT2D eigenvalue weighted by atomic mass is 9.96. The molecule has 0 amide bonds. The highest BCUT2D eigenvalue weighted by Gasteiger charge is 2.27. The van der Waals surface area contributed by atoms with E-state index < -0.39 is 12.8 Å². The van der Waals surface area contributed by atoms with E-state index in [9.17, 15) is 17.6 Å². The summed E-state index contributed by atoms with van der Waals surface area (Å²) >= 11 is 0. The molecule has 0 aliphatic heterocycles. The van der Waals surface area contributed by atoms with Gasteiger partial charge in [-0.25, -0.2) is 4.39 Å². The molecule has 1 unspecified atom stereocenters. The largest absolute Gasteiger partial charge is 0.411 e. The Labute approximate surface area is 116 Å². The molecule has 0 radical (unpaired) electrons. The molecule has 20 heavy (non-hydrogen) atoms. The van der Waals surface area contributed by atoms with Crippen LogP contribution in [0.5, 0.6) is 0 Å². The summed E-state index contributed by atoms with van der Waals surface area (Å²) in [6.07, 6.45) is -3.90. The standard InChI is InChI=1S/C14H19F4NO/c1-2-19-9-12(6-7-20-10-14(16,17)18)11-4-3-5-13(15)8-11/h3-5,8,12,19H,2,6-7,9-10H2,1H3. The minimum Gasteiger partial charge on any atom is -0.372 e. The molecular weight excluding hydrogens is 274 g/mol. The fraction of sp³-hybridized carbons (Fsp3) is 0.571. The Balaban J connectivity index is 2.52. The second-order valence-electron chi connectivity index (χ2n) is 4.52. The maximum Gasteiger partial charge on any atom is 0.411 e. The molecule has 1 aromatic rings. The summed E-state index contributed by atoms with van der Waals surface area (Å²) in [4.78, 5) is 0. The van der Waals surface area contributed by atoms with Crippen molar-refractivity contribution in [2.75, 3.05) is 26.3 Å². The Hall–Kier alpha value is -1.14. The Bertz CT molecular complexity index is 395. The third-order valence-corrected chi connectivity index (χ3v) is 2.84. The lowest BCUT2D eigenvalue weighted by molar-refractivity contribution is -0.174. The highest BCUT2D eigenvalue weighted by atomic mass is 19.4. The summed E-state index contributed by atoms with van der Waals surface area (Å²) in [5, 5.41) is 3.12. The molecule has 1 atom stereocenters. The van der Waals surface area contributed by atoms with Gasteiger partial charge in [-0.05, 0) is 36.6 Å². The van der Waals surface area contributed by atoms with Gasteiger partial charge in [-0.3, -0.25) is 0 Å². The van der Waals surface area contributed by atoms with Crippen LogP contribution in [0.1, 0.15) is 24.8 Å². The Kier molecular flexibility index (Phi) is 6.95. The maximum absolute atomic E-state index is 13.2. The fourth-order valence-electron chi connectivity index (χ4n) is 1.88. The van der Waals surface area contributed by atoms with Crippen LogP contribution in [0.15, 0.2) is 24.3 Å². The predicted octanol–water partition coefficient (Wildman–Crippen LogP) is 3.49. The molecule has 0 spiro atoms. The SMILES string of the molecule is CCNCC(CCOCC(F)(F)F)c1cccc(F)c1. The monoisotopic (exact) mass is 293 g/mol. The van der Waals surface area contributed by atoms with E-state index in [2.05, 4.69) is 10.1 Å². The average molecular weight is 293 g/mol. The van der Waals surface area contributed by atoms with Crippen LogP contribution in [0.2, 0.25) is 0 Å². The van der Waals surface area contributed by atoms with E-state index in [1.54, 1.807) is 12.1 Å². The molecule has 0 bridgehead atoms. The van der Waals surface area contributed by atoms with Crippen LogP contribution in [0.4, 0.5) is 17.6 Å². The molecule has 0 saturated heterocycles. The quantitative estimate of drug-likeness (QED) is 0.585. The topological polar surface area (TPSA) is 21.3 Å². The number of ether oxygens (including phenoxy) is 1. The van der Waals surface area contributed by atoms with Gasteiger partial charge >= 0.3 is 6.18 Å². The van der Waals surface area contributed by atoms with Crippen LogP contribution in [0, 0.1) is 5.82 Å². The number of rotatable bonds is 8. The molecule has 0 aromatic heterocycles. The van der Waals surface area contributed by atoms with Crippen LogP contribution in [-0.2, 0) is 4.74 Å². The van der Waals surface area contributed by atoms with E-state index in [1.807, 2.05) is 6.92 Å². The van der Waals surface area contributed by atoms with E-state index in [-0.39, 0.29) is 18.3 Å². The Morgan fingerprint density at radius 1 is 1.30 bits per heavy atom. The van der Waals surface area contributed by atoms with Gasteiger partial charge in [-0.15, -0.1) is 0 Å². The molecule has 1 rings (SSSR count).